The van der Waals surface area contributed by atoms with Gasteiger partial charge in [0.05, 0.1) is 24.0 Å². The highest BCUT2D eigenvalue weighted by Gasteiger charge is 2.70. The number of benzene rings is 4. The van der Waals surface area contributed by atoms with Gasteiger partial charge >= 0.3 is 0 Å². The predicted octanol–water partition coefficient (Wildman–Crippen LogP) is 5.85. The summed E-state index contributed by atoms with van der Waals surface area (Å²) in [6, 6.07) is 25.2. The van der Waals surface area contributed by atoms with Crippen LogP contribution in [0.1, 0.15) is 38.8 Å². The highest BCUT2D eigenvalue weighted by molar-refractivity contribution is 6.18. The van der Waals surface area contributed by atoms with Crippen molar-refractivity contribution in [3.8, 4) is 5.75 Å². The standard InChI is InChI=1S/C35H27N3O6/c1-20-18-29-35(26-11-4-5-12-27(26)36-34(35)41)30(32(39)22-8-7-9-24(19-22)44-2)31(37(29)28-13-6-3-10-25(20)28)33(40)21-14-16-23(17-15-21)38(42)43/h3-19,29-31H,1-2H3,(H,36,41)/t29-,30+,31-,35+/m1/s1. The van der Waals surface area contributed by atoms with E-state index < -0.39 is 34.1 Å². The number of para-hydroxylation sites is 2. The smallest absolute Gasteiger partial charge is 0.269 e. The summed E-state index contributed by atoms with van der Waals surface area (Å²) in [6.45, 7) is 1.97. The summed E-state index contributed by atoms with van der Waals surface area (Å²) < 4.78 is 5.42. The topological polar surface area (TPSA) is 119 Å². The molecule has 7 rings (SSSR count). The van der Waals surface area contributed by atoms with Gasteiger partial charge in [-0.05, 0) is 54.5 Å². The Balaban J connectivity index is 1.53. The van der Waals surface area contributed by atoms with Gasteiger partial charge in [0, 0.05) is 40.2 Å². The molecule has 1 amide bonds. The molecule has 1 fully saturated rings. The third-order valence-corrected chi connectivity index (χ3v) is 9.15. The first kappa shape index (κ1) is 27.3. The average Bonchev–Trinajstić information content (AvgIpc) is 3.52. The molecular weight excluding hydrogens is 558 g/mol. The van der Waals surface area contributed by atoms with Crippen LogP contribution >= 0.6 is 0 Å². The second-order valence-electron chi connectivity index (χ2n) is 11.3. The van der Waals surface area contributed by atoms with Crippen LogP contribution in [0.15, 0.2) is 103 Å². The number of nitro groups is 1. The maximum absolute atomic E-state index is 14.9. The number of non-ortho nitro benzene ring substituents is 1. The van der Waals surface area contributed by atoms with Gasteiger partial charge in [0.1, 0.15) is 17.2 Å². The summed E-state index contributed by atoms with van der Waals surface area (Å²) in [5.41, 5.74) is 2.67. The molecule has 3 aliphatic heterocycles. The van der Waals surface area contributed by atoms with Crippen LogP contribution in [0.25, 0.3) is 5.57 Å². The zero-order valence-electron chi connectivity index (χ0n) is 23.9. The number of carbonyl (C=O) groups is 3. The van der Waals surface area contributed by atoms with Crippen LogP contribution in [0.4, 0.5) is 17.1 Å². The van der Waals surface area contributed by atoms with Crippen molar-refractivity contribution >= 4 is 40.1 Å². The minimum absolute atomic E-state index is 0.155. The Kier molecular flexibility index (Phi) is 6.21. The lowest BCUT2D eigenvalue weighted by Crippen LogP contribution is -2.51. The second kappa shape index (κ2) is 10.0. The van der Waals surface area contributed by atoms with E-state index in [-0.39, 0.29) is 22.9 Å². The Morgan fingerprint density at radius 1 is 0.909 bits per heavy atom. The minimum atomic E-state index is -1.47. The van der Waals surface area contributed by atoms with Crippen LogP contribution in [-0.4, -0.2) is 41.6 Å². The summed E-state index contributed by atoms with van der Waals surface area (Å²) in [5, 5.41) is 14.4. The number of hydrogen-bond acceptors (Lipinski definition) is 7. The summed E-state index contributed by atoms with van der Waals surface area (Å²) in [6.07, 6.45) is 1.99. The molecule has 3 aliphatic rings. The molecular formula is C35H27N3O6. The van der Waals surface area contributed by atoms with Crippen LogP contribution in [0, 0.1) is 16.0 Å². The first-order chi connectivity index (χ1) is 21.3. The lowest BCUT2D eigenvalue weighted by Gasteiger charge is -2.39. The summed E-state index contributed by atoms with van der Waals surface area (Å²) in [5.74, 6) is -1.85. The number of allylic oxidation sites excluding steroid dienone is 1. The Hall–Kier alpha value is -5.57. The summed E-state index contributed by atoms with van der Waals surface area (Å²) >= 11 is 0. The van der Waals surface area contributed by atoms with Crippen molar-refractivity contribution in [3.05, 3.63) is 136 Å². The Labute approximate surface area is 252 Å². The zero-order chi connectivity index (χ0) is 30.7. The maximum Gasteiger partial charge on any atom is 0.269 e. The lowest BCUT2D eigenvalue weighted by atomic mass is 9.64. The van der Waals surface area contributed by atoms with Crippen molar-refractivity contribution in [2.24, 2.45) is 5.92 Å². The monoisotopic (exact) mass is 585 g/mol. The molecule has 0 aromatic heterocycles. The number of carbonyl (C=O) groups excluding carboxylic acids is 3. The van der Waals surface area contributed by atoms with Gasteiger partial charge in [0.15, 0.2) is 11.6 Å². The fourth-order valence-electron chi connectivity index (χ4n) is 7.26. The van der Waals surface area contributed by atoms with Crippen LogP contribution in [-0.2, 0) is 10.2 Å². The number of ether oxygens (including phenoxy) is 1. The number of amides is 1. The van der Waals surface area contributed by atoms with E-state index in [0.29, 0.717) is 22.6 Å². The molecule has 3 heterocycles. The van der Waals surface area contributed by atoms with Crippen molar-refractivity contribution in [1.82, 2.24) is 0 Å². The third-order valence-electron chi connectivity index (χ3n) is 9.15. The molecule has 218 valence electrons. The first-order valence-electron chi connectivity index (χ1n) is 14.2. The number of methoxy groups -OCH3 is 1. The van der Waals surface area contributed by atoms with Crippen LogP contribution < -0.4 is 15.0 Å². The quantitative estimate of drug-likeness (QED) is 0.171. The number of hydrogen-bond donors (Lipinski definition) is 1. The van der Waals surface area contributed by atoms with Crippen LogP contribution in [0.3, 0.4) is 0 Å². The molecule has 0 bridgehead atoms. The van der Waals surface area contributed by atoms with Crippen molar-refractivity contribution in [2.75, 3.05) is 17.3 Å². The molecule has 1 N–H and O–H groups in total. The fourth-order valence-corrected chi connectivity index (χ4v) is 7.26. The normalized spacial score (nSPS) is 22.9. The number of rotatable bonds is 6. The van der Waals surface area contributed by atoms with Crippen molar-refractivity contribution < 1.29 is 24.0 Å². The SMILES string of the molecule is COc1cccc(C(=O)[C@@H]2[C@H](C(=O)c3ccc([N+](=O)[O-])cc3)N3c4ccccc4C(C)=C[C@@H]3[C@]23C(=O)Nc2ccccc23)c1. The Morgan fingerprint density at radius 2 is 1.64 bits per heavy atom. The van der Waals surface area contributed by atoms with Crippen LogP contribution in [0.2, 0.25) is 0 Å². The van der Waals surface area contributed by atoms with E-state index in [1.165, 1.54) is 31.4 Å². The number of nitro benzene ring substituents is 1. The molecule has 0 radical (unpaired) electrons. The van der Waals surface area contributed by atoms with Crippen molar-refractivity contribution in [1.29, 1.82) is 0 Å². The molecule has 4 aromatic carbocycles. The van der Waals surface area contributed by atoms with E-state index in [0.717, 1.165) is 16.8 Å². The molecule has 9 heteroatoms. The minimum Gasteiger partial charge on any atom is -0.497 e. The Bertz CT molecular complexity index is 1920. The van der Waals surface area contributed by atoms with Gasteiger partial charge in [0.2, 0.25) is 5.91 Å². The number of anilines is 2. The highest BCUT2D eigenvalue weighted by Crippen LogP contribution is 2.58. The van der Waals surface area contributed by atoms with Gasteiger partial charge in [0.25, 0.3) is 5.69 Å². The van der Waals surface area contributed by atoms with Crippen LogP contribution in [0.5, 0.6) is 5.75 Å². The number of nitrogens with zero attached hydrogens (tertiary/aromatic N) is 2. The first-order valence-corrected chi connectivity index (χ1v) is 14.2. The van der Waals surface area contributed by atoms with E-state index >= 15 is 0 Å². The second-order valence-corrected chi connectivity index (χ2v) is 11.3. The average molecular weight is 586 g/mol. The molecule has 44 heavy (non-hydrogen) atoms. The molecule has 1 spiro atoms. The Morgan fingerprint density at radius 3 is 2.39 bits per heavy atom. The van der Waals surface area contributed by atoms with Crippen molar-refractivity contribution in [3.63, 3.8) is 0 Å². The van der Waals surface area contributed by atoms with Gasteiger partial charge < -0.3 is 15.0 Å². The van der Waals surface area contributed by atoms with Gasteiger partial charge in [-0.15, -0.1) is 0 Å². The molecule has 4 atom stereocenters. The fraction of sp³-hybridized carbons (Fsp3) is 0.171. The number of ketones is 2. The molecule has 0 aliphatic carbocycles. The molecule has 4 aromatic rings. The number of nitrogens with one attached hydrogen (secondary N) is 1. The summed E-state index contributed by atoms with van der Waals surface area (Å²) in [7, 11) is 1.51. The lowest BCUT2D eigenvalue weighted by molar-refractivity contribution is -0.384. The van der Waals surface area contributed by atoms with Gasteiger partial charge in [-0.1, -0.05) is 54.6 Å². The largest absolute Gasteiger partial charge is 0.497 e. The zero-order valence-corrected chi connectivity index (χ0v) is 23.9. The van der Waals surface area contributed by atoms with Gasteiger partial charge in [-0.2, -0.15) is 0 Å². The van der Waals surface area contributed by atoms with E-state index in [2.05, 4.69) is 5.32 Å². The van der Waals surface area contributed by atoms with Crippen molar-refractivity contribution in [2.45, 2.75) is 24.4 Å². The highest BCUT2D eigenvalue weighted by atomic mass is 16.6. The van der Waals surface area contributed by atoms with Gasteiger partial charge in [-0.25, -0.2) is 0 Å². The molecule has 0 unspecified atom stereocenters. The molecule has 9 nitrogen and oxygen atoms in total. The van der Waals surface area contributed by atoms with Gasteiger partial charge in [-0.3, -0.25) is 24.5 Å². The molecule has 0 saturated carbocycles. The van der Waals surface area contributed by atoms with E-state index in [1.54, 1.807) is 30.3 Å². The predicted molar refractivity (Wildman–Crippen MR) is 165 cm³/mol. The van der Waals surface area contributed by atoms with E-state index in [4.69, 9.17) is 4.74 Å². The summed E-state index contributed by atoms with van der Waals surface area (Å²) in [4.78, 5) is 56.9. The van der Waals surface area contributed by atoms with E-state index in [9.17, 15) is 24.5 Å². The maximum atomic E-state index is 14.9. The van der Waals surface area contributed by atoms with E-state index in [1.807, 2.05) is 60.4 Å². The third kappa shape index (κ3) is 3.75. The number of Topliss-reactive ketones (excluding diaryl/α,β-unsaturated/α-hetero) is 2. The number of fused-ring (bicyclic) bond motifs is 6. The molecule has 1 saturated heterocycles.